The van der Waals surface area contributed by atoms with Gasteiger partial charge in [0.25, 0.3) is 0 Å². The van der Waals surface area contributed by atoms with Crippen LogP contribution in [-0.2, 0) is 0 Å². The highest BCUT2D eigenvalue weighted by Gasteiger charge is 2.24. The number of nitrogens with zero attached hydrogens (tertiary/aromatic N) is 6. The largest absolute Gasteiger partial charge is 0.350 e. The van der Waals surface area contributed by atoms with Crippen molar-refractivity contribution in [3.05, 3.63) is 60.4 Å². The van der Waals surface area contributed by atoms with E-state index < -0.39 is 0 Å². The second-order valence-electron chi connectivity index (χ2n) is 6.44. The summed E-state index contributed by atoms with van der Waals surface area (Å²) in [4.78, 5) is 4.84. The summed E-state index contributed by atoms with van der Waals surface area (Å²) in [5, 5.41) is 12.5. The van der Waals surface area contributed by atoms with Crippen molar-refractivity contribution in [3.63, 3.8) is 0 Å². The molecule has 6 heteroatoms. The third-order valence-electron chi connectivity index (χ3n) is 4.63. The Labute approximate surface area is 147 Å². The van der Waals surface area contributed by atoms with Gasteiger partial charge in [-0.25, -0.2) is 0 Å². The Morgan fingerprint density at radius 2 is 2.00 bits per heavy atom. The highest BCUT2D eigenvalue weighted by molar-refractivity contribution is 5.49. The van der Waals surface area contributed by atoms with Crippen molar-refractivity contribution in [2.75, 3.05) is 31.1 Å². The van der Waals surface area contributed by atoms with E-state index in [1.807, 2.05) is 18.2 Å². The van der Waals surface area contributed by atoms with E-state index >= 15 is 0 Å². The summed E-state index contributed by atoms with van der Waals surface area (Å²) in [7, 11) is 0. The molecule has 1 aliphatic heterocycles. The zero-order valence-corrected chi connectivity index (χ0v) is 14.4. The molecule has 0 spiro atoms. The van der Waals surface area contributed by atoms with Gasteiger partial charge in [0.2, 0.25) is 0 Å². The van der Waals surface area contributed by atoms with Crippen LogP contribution in [0.1, 0.15) is 12.5 Å². The van der Waals surface area contributed by atoms with Gasteiger partial charge in [-0.3, -0.25) is 4.90 Å². The Hall–Kier alpha value is -2.73. The van der Waals surface area contributed by atoms with Crippen LogP contribution in [0.5, 0.6) is 0 Å². The van der Waals surface area contributed by atoms with Gasteiger partial charge in [0.15, 0.2) is 5.65 Å². The molecule has 0 amide bonds. The van der Waals surface area contributed by atoms with E-state index in [1.54, 1.807) is 10.8 Å². The SMILES string of the molecule is CC1CN(CC=Cc2ccccc2)CCN1c1ccc2nncn2n1. The number of hydrogen-bond donors (Lipinski definition) is 0. The maximum atomic E-state index is 4.62. The maximum absolute atomic E-state index is 4.62. The molecule has 2 aromatic heterocycles. The minimum absolute atomic E-state index is 0.417. The molecule has 25 heavy (non-hydrogen) atoms. The van der Waals surface area contributed by atoms with Crippen LogP contribution in [0, 0.1) is 0 Å². The average Bonchev–Trinajstić information content (AvgIpc) is 3.10. The number of anilines is 1. The van der Waals surface area contributed by atoms with Crippen LogP contribution < -0.4 is 4.90 Å². The summed E-state index contributed by atoms with van der Waals surface area (Å²) in [5.74, 6) is 0.985. The Morgan fingerprint density at radius 3 is 2.84 bits per heavy atom. The van der Waals surface area contributed by atoms with Gasteiger partial charge in [0.05, 0.1) is 0 Å². The molecule has 1 aliphatic rings. The quantitative estimate of drug-likeness (QED) is 0.733. The van der Waals surface area contributed by atoms with Crippen molar-refractivity contribution in [2.24, 2.45) is 0 Å². The standard InChI is InChI=1S/C19H22N6/c1-16-14-23(11-5-8-17-6-3-2-4-7-17)12-13-24(16)19-10-9-18-21-20-15-25(18)22-19/h2-10,15-16H,11-14H2,1H3. The topological polar surface area (TPSA) is 49.6 Å². The van der Waals surface area contributed by atoms with Crippen molar-refractivity contribution in [3.8, 4) is 0 Å². The average molecular weight is 334 g/mol. The lowest BCUT2D eigenvalue weighted by Gasteiger charge is -2.40. The van der Waals surface area contributed by atoms with E-state index in [-0.39, 0.29) is 0 Å². The van der Waals surface area contributed by atoms with Gasteiger partial charge in [-0.15, -0.1) is 15.3 Å². The molecule has 0 radical (unpaired) electrons. The Balaban J connectivity index is 1.37. The molecule has 4 rings (SSSR count). The van der Waals surface area contributed by atoms with Crippen molar-refractivity contribution in [2.45, 2.75) is 13.0 Å². The van der Waals surface area contributed by atoms with E-state index in [9.17, 15) is 0 Å². The predicted octanol–water partition coefficient (Wildman–Crippen LogP) is 2.35. The van der Waals surface area contributed by atoms with E-state index in [0.29, 0.717) is 6.04 Å². The first-order chi connectivity index (χ1) is 12.3. The minimum Gasteiger partial charge on any atom is -0.350 e. The fourth-order valence-electron chi connectivity index (χ4n) is 3.31. The first-order valence-electron chi connectivity index (χ1n) is 8.67. The maximum Gasteiger partial charge on any atom is 0.177 e. The second kappa shape index (κ2) is 7.03. The van der Waals surface area contributed by atoms with Crippen LogP contribution in [0.3, 0.4) is 0 Å². The normalized spacial score (nSPS) is 19.1. The van der Waals surface area contributed by atoms with Crippen LogP contribution in [0.15, 0.2) is 54.9 Å². The molecule has 0 bridgehead atoms. The fraction of sp³-hybridized carbons (Fsp3) is 0.316. The third kappa shape index (κ3) is 3.53. The monoisotopic (exact) mass is 334 g/mol. The highest BCUT2D eigenvalue weighted by atomic mass is 15.4. The summed E-state index contributed by atoms with van der Waals surface area (Å²) in [5.41, 5.74) is 2.03. The van der Waals surface area contributed by atoms with Crippen LogP contribution in [0.2, 0.25) is 0 Å². The first-order valence-corrected chi connectivity index (χ1v) is 8.67. The van der Waals surface area contributed by atoms with Gasteiger partial charge < -0.3 is 4.90 Å². The second-order valence-corrected chi connectivity index (χ2v) is 6.44. The summed E-state index contributed by atoms with van der Waals surface area (Å²) in [6.07, 6.45) is 6.09. The molecular weight excluding hydrogens is 312 g/mol. The summed E-state index contributed by atoms with van der Waals surface area (Å²) >= 11 is 0. The molecule has 1 saturated heterocycles. The van der Waals surface area contributed by atoms with Crippen molar-refractivity contribution < 1.29 is 0 Å². The van der Waals surface area contributed by atoms with Gasteiger partial charge in [-0.2, -0.15) is 4.52 Å². The molecule has 6 nitrogen and oxygen atoms in total. The lowest BCUT2D eigenvalue weighted by molar-refractivity contribution is 0.250. The lowest BCUT2D eigenvalue weighted by atomic mass is 10.1. The highest BCUT2D eigenvalue weighted by Crippen LogP contribution is 2.18. The van der Waals surface area contributed by atoms with Crippen LogP contribution in [-0.4, -0.2) is 56.9 Å². The van der Waals surface area contributed by atoms with Gasteiger partial charge in [0.1, 0.15) is 12.1 Å². The van der Waals surface area contributed by atoms with E-state index in [0.717, 1.165) is 37.6 Å². The number of aromatic nitrogens is 4. The molecule has 1 fully saturated rings. The molecule has 0 N–H and O–H groups in total. The van der Waals surface area contributed by atoms with Gasteiger partial charge in [-0.05, 0) is 24.6 Å². The van der Waals surface area contributed by atoms with E-state index in [4.69, 9.17) is 0 Å². The Morgan fingerprint density at radius 1 is 1.12 bits per heavy atom. The number of fused-ring (bicyclic) bond motifs is 1. The van der Waals surface area contributed by atoms with Crippen molar-refractivity contribution in [1.29, 1.82) is 0 Å². The van der Waals surface area contributed by atoms with Crippen LogP contribution in [0.25, 0.3) is 11.7 Å². The molecule has 1 unspecified atom stereocenters. The van der Waals surface area contributed by atoms with E-state index in [2.05, 4.69) is 68.4 Å². The molecule has 3 heterocycles. The fourth-order valence-corrected chi connectivity index (χ4v) is 3.31. The smallest absolute Gasteiger partial charge is 0.177 e. The molecule has 128 valence electrons. The van der Waals surface area contributed by atoms with Gasteiger partial charge in [-0.1, -0.05) is 42.5 Å². The number of rotatable bonds is 4. The lowest BCUT2D eigenvalue weighted by Crippen LogP contribution is -2.52. The van der Waals surface area contributed by atoms with Crippen molar-refractivity contribution >= 4 is 17.5 Å². The molecular formula is C19H22N6. The number of hydrogen-bond acceptors (Lipinski definition) is 5. The van der Waals surface area contributed by atoms with Gasteiger partial charge >= 0.3 is 0 Å². The molecule has 0 saturated carbocycles. The van der Waals surface area contributed by atoms with Gasteiger partial charge in [0, 0.05) is 32.2 Å². The molecule has 3 aromatic rings. The Bertz CT molecular complexity index is 856. The zero-order valence-electron chi connectivity index (χ0n) is 14.4. The minimum atomic E-state index is 0.417. The van der Waals surface area contributed by atoms with Crippen LogP contribution in [0.4, 0.5) is 5.82 Å². The first kappa shape index (κ1) is 15.8. The van der Waals surface area contributed by atoms with Crippen LogP contribution >= 0.6 is 0 Å². The Kier molecular flexibility index (Phi) is 4.43. The molecule has 1 aromatic carbocycles. The number of benzene rings is 1. The zero-order chi connectivity index (χ0) is 17.1. The summed E-state index contributed by atoms with van der Waals surface area (Å²) < 4.78 is 1.73. The molecule has 0 aliphatic carbocycles. The third-order valence-corrected chi connectivity index (χ3v) is 4.63. The van der Waals surface area contributed by atoms with E-state index in [1.165, 1.54) is 5.56 Å². The van der Waals surface area contributed by atoms with Crippen molar-refractivity contribution in [1.82, 2.24) is 24.7 Å². The number of piperazine rings is 1. The predicted molar refractivity (Wildman–Crippen MR) is 99.5 cm³/mol. The molecule has 1 atom stereocenters. The summed E-state index contributed by atoms with van der Waals surface area (Å²) in [6, 6.07) is 14.9. The summed E-state index contributed by atoms with van der Waals surface area (Å²) in [6.45, 7) is 6.27.